The number of anilines is 1. The zero-order valence-electron chi connectivity index (χ0n) is 13.8. The topological polar surface area (TPSA) is 35.6 Å². The van der Waals surface area contributed by atoms with Gasteiger partial charge in [-0.1, -0.05) is 35.9 Å². The summed E-state index contributed by atoms with van der Waals surface area (Å²) in [5, 5.41) is 3.71. The molecule has 1 heterocycles. The van der Waals surface area contributed by atoms with Crippen LogP contribution in [0.5, 0.6) is 0 Å². The van der Waals surface area contributed by atoms with E-state index in [1.807, 2.05) is 53.4 Å². The van der Waals surface area contributed by atoms with E-state index in [1.165, 1.54) is 0 Å². The molecule has 2 aromatic carbocycles. The molecule has 0 saturated carbocycles. The number of hydrogen-bond acceptors (Lipinski definition) is 2. The predicted octanol–water partition coefficient (Wildman–Crippen LogP) is 4.18. The average molecular weight is 344 g/mol. The molecule has 3 rings (SSSR count). The van der Waals surface area contributed by atoms with Crippen molar-refractivity contribution in [2.24, 2.45) is 0 Å². The molecular formula is C19H22ClN3O. The summed E-state index contributed by atoms with van der Waals surface area (Å²) >= 11 is 6.04. The third kappa shape index (κ3) is 4.28. The number of carbonyl (C=O) groups excluding carboxylic acids is 1. The number of likely N-dealkylation sites (N-methyl/N-ethyl adjacent to an activating group) is 1. The van der Waals surface area contributed by atoms with Crippen LogP contribution in [0.2, 0.25) is 5.02 Å². The Morgan fingerprint density at radius 2 is 1.79 bits per heavy atom. The Kier molecular flexibility index (Phi) is 5.38. The number of rotatable bonds is 2. The lowest BCUT2D eigenvalue weighted by molar-refractivity contribution is 0.213. The smallest absolute Gasteiger partial charge is 0.321 e. The fourth-order valence-corrected chi connectivity index (χ4v) is 3.06. The summed E-state index contributed by atoms with van der Waals surface area (Å²) in [6.45, 7) is 3.53. The van der Waals surface area contributed by atoms with Gasteiger partial charge in [0.1, 0.15) is 0 Å². The minimum absolute atomic E-state index is 0.0270. The van der Waals surface area contributed by atoms with Gasteiger partial charge in [0.2, 0.25) is 0 Å². The summed E-state index contributed by atoms with van der Waals surface area (Å²) in [7, 11) is 2.09. The van der Waals surface area contributed by atoms with Crippen molar-refractivity contribution in [1.29, 1.82) is 0 Å². The van der Waals surface area contributed by atoms with Gasteiger partial charge in [0.05, 0.1) is 0 Å². The van der Waals surface area contributed by atoms with Crippen molar-refractivity contribution >= 4 is 23.3 Å². The largest absolute Gasteiger partial charge is 0.323 e. The van der Waals surface area contributed by atoms with Crippen LogP contribution in [-0.2, 0) is 0 Å². The highest BCUT2D eigenvalue weighted by Crippen LogP contribution is 2.24. The van der Waals surface area contributed by atoms with Crippen molar-refractivity contribution in [3.8, 4) is 11.1 Å². The van der Waals surface area contributed by atoms with Crippen LogP contribution in [0, 0.1) is 0 Å². The van der Waals surface area contributed by atoms with E-state index < -0.39 is 0 Å². The Morgan fingerprint density at radius 3 is 2.54 bits per heavy atom. The maximum absolute atomic E-state index is 12.4. The number of benzene rings is 2. The molecule has 2 aromatic rings. The summed E-state index contributed by atoms with van der Waals surface area (Å²) in [6, 6.07) is 15.6. The van der Waals surface area contributed by atoms with Crippen molar-refractivity contribution in [2.75, 3.05) is 38.5 Å². The lowest BCUT2D eigenvalue weighted by Gasteiger charge is -2.21. The monoisotopic (exact) mass is 343 g/mol. The van der Waals surface area contributed by atoms with Crippen molar-refractivity contribution in [1.82, 2.24) is 9.80 Å². The van der Waals surface area contributed by atoms with Crippen LogP contribution in [0.4, 0.5) is 10.5 Å². The van der Waals surface area contributed by atoms with Gasteiger partial charge in [0.15, 0.2) is 0 Å². The summed E-state index contributed by atoms with van der Waals surface area (Å²) in [6.07, 6.45) is 1.01. The first-order valence-electron chi connectivity index (χ1n) is 8.22. The molecule has 0 radical (unpaired) electrons. The normalized spacial score (nSPS) is 15.8. The number of urea groups is 1. The first kappa shape index (κ1) is 16.8. The van der Waals surface area contributed by atoms with Crippen LogP contribution in [0.3, 0.4) is 0 Å². The van der Waals surface area contributed by atoms with Crippen molar-refractivity contribution < 1.29 is 4.79 Å². The fraction of sp³-hybridized carbons (Fsp3) is 0.316. The SMILES string of the molecule is CN1CCCN(C(=O)Nc2ccc(-c3cccc(Cl)c3)cc2)CC1. The maximum atomic E-state index is 12.4. The molecule has 0 bridgehead atoms. The van der Waals surface area contributed by atoms with E-state index in [-0.39, 0.29) is 6.03 Å². The molecule has 1 aliphatic rings. The Morgan fingerprint density at radius 1 is 1.00 bits per heavy atom. The van der Waals surface area contributed by atoms with Gasteiger partial charge in [-0.15, -0.1) is 0 Å². The molecule has 2 amide bonds. The second kappa shape index (κ2) is 7.69. The maximum Gasteiger partial charge on any atom is 0.321 e. The molecule has 1 saturated heterocycles. The molecule has 126 valence electrons. The first-order valence-corrected chi connectivity index (χ1v) is 8.60. The summed E-state index contributed by atoms with van der Waals surface area (Å²) in [5.41, 5.74) is 2.95. The zero-order chi connectivity index (χ0) is 16.9. The second-order valence-electron chi connectivity index (χ2n) is 6.16. The molecule has 4 nitrogen and oxygen atoms in total. The first-order chi connectivity index (χ1) is 11.6. The van der Waals surface area contributed by atoms with E-state index in [0.29, 0.717) is 0 Å². The Labute approximate surface area is 148 Å². The fourth-order valence-electron chi connectivity index (χ4n) is 2.87. The Hall–Kier alpha value is -2.04. The van der Waals surface area contributed by atoms with E-state index in [9.17, 15) is 4.79 Å². The molecule has 0 aliphatic carbocycles. The average Bonchev–Trinajstić information content (AvgIpc) is 2.80. The highest BCUT2D eigenvalue weighted by molar-refractivity contribution is 6.30. The van der Waals surface area contributed by atoms with E-state index in [0.717, 1.165) is 54.4 Å². The molecular weight excluding hydrogens is 322 g/mol. The minimum atomic E-state index is -0.0270. The third-order valence-electron chi connectivity index (χ3n) is 4.30. The van der Waals surface area contributed by atoms with E-state index in [4.69, 9.17) is 11.6 Å². The molecule has 24 heavy (non-hydrogen) atoms. The van der Waals surface area contributed by atoms with Crippen molar-refractivity contribution in [3.05, 3.63) is 53.6 Å². The number of carbonyl (C=O) groups is 1. The van der Waals surface area contributed by atoms with Crippen LogP contribution in [0.1, 0.15) is 6.42 Å². The van der Waals surface area contributed by atoms with Crippen LogP contribution < -0.4 is 5.32 Å². The van der Waals surface area contributed by atoms with Gasteiger partial charge >= 0.3 is 6.03 Å². The predicted molar refractivity (Wildman–Crippen MR) is 99.6 cm³/mol. The van der Waals surface area contributed by atoms with Crippen LogP contribution in [0.15, 0.2) is 48.5 Å². The molecule has 1 fully saturated rings. The van der Waals surface area contributed by atoms with Gasteiger partial charge in [-0.2, -0.15) is 0 Å². The van der Waals surface area contributed by atoms with Gasteiger partial charge < -0.3 is 15.1 Å². The van der Waals surface area contributed by atoms with Crippen LogP contribution >= 0.6 is 11.6 Å². The Balaban J connectivity index is 1.64. The van der Waals surface area contributed by atoms with Gasteiger partial charge in [-0.05, 0) is 55.4 Å². The second-order valence-corrected chi connectivity index (χ2v) is 6.60. The molecule has 1 aliphatic heterocycles. The summed E-state index contributed by atoms with van der Waals surface area (Å²) in [4.78, 5) is 16.5. The highest BCUT2D eigenvalue weighted by atomic mass is 35.5. The third-order valence-corrected chi connectivity index (χ3v) is 4.54. The van der Waals surface area contributed by atoms with Crippen molar-refractivity contribution in [2.45, 2.75) is 6.42 Å². The van der Waals surface area contributed by atoms with E-state index in [1.54, 1.807) is 0 Å². The molecule has 0 unspecified atom stereocenters. The number of halogens is 1. The standard InChI is InChI=1S/C19H22ClN3O/c1-22-10-3-11-23(13-12-22)19(24)21-18-8-6-15(7-9-18)16-4-2-5-17(20)14-16/h2,4-9,14H,3,10-13H2,1H3,(H,21,24). The van der Waals surface area contributed by atoms with E-state index >= 15 is 0 Å². The van der Waals surface area contributed by atoms with Crippen molar-refractivity contribution in [3.63, 3.8) is 0 Å². The molecule has 1 N–H and O–H groups in total. The quantitative estimate of drug-likeness (QED) is 0.888. The van der Waals surface area contributed by atoms with Gasteiger partial charge in [0.25, 0.3) is 0 Å². The highest BCUT2D eigenvalue weighted by Gasteiger charge is 2.17. The summed E-state index contributed by atoms with van der Waals surface area (Å²) in [5.74, 6) is 0. The van der Waals surface area contributed by atoms with Crippen LogP contribution in [-0.4, -0.2) is 49.1 Å². The number of nitrogens with one attached hydrogen (secondary N) is 1. The van der Waals surface area contributed by atoms with Gasteiger partial charge in [-0.3, -0.25) is 0 Å². The number of amides is 2. The Bertz CT molecular complexity index is 702. The number of nitrogens with zero attached hydrogens (tertiary/aromatic N) is 2. The van der Waals surface area contributed by atoms with Crippen LogP contribution in [0.25, 0.3) is 11.1 Å². The van der Waals surface area contributed by atoms with Gasteiger partial charge in [0, 0.05) is 30.3 Å². The molecule has 0 atom stereocenters. The minimum Gasteiger partial charge on any atom is -0.323 e. The number of hydrogen-bond donors (Lipinski definition) is 1. The molecule has 5 heteroatoms. The zero-order valence-corrected chi connectivity index (χ0v) is 14.6. The lowest BCUT2D eigenvalue weighted by Crippen LogP contribution is -2.37. The van der Waals surface area contributed by atoms with Gasteiger partial charge in [-0.25, -0.2) is 4.79 Å². The van der Waals surface area contributed by atoms with E-state index in [2.05, 4.69) is 17.3 Å². The molecule has 0 aromatic heterocycles. The summed E-state index contributed by atoms with van der Waals surface area (Å²) < 4.78 is 0. The molecule has 0 spiro atoms. The lowest BCUT2D eigenvalue weighted by atomic mass is 10.1.